The molecule has 2 aliphatic carbocycles. The van der Waals surface area contributed by atoms with Crippen molar-refractivity contribution in [3.63, 3.8) is 0 Å². The number of hydrogen-bond acceptors (Lipinski definition) is 4. The van der Waals surface area contributed by atoms with Crippen molar-refractivity contribution in [2.45, 2.75) is 5.41 Å². The summed E-state index contributed by atoms with van der Waals surface area (Å²) in [5.74, 6) is 0. The third-order valence-corrected chi connectivity index (χ3v) is 14.8. The number of benzene rings is 10. The Morgan fingerprint density at radius 1 is 0.453 bits per heavy atom. The SMILES string of the molecule is c1ccc(-c2ccc(N(c3ccc4c(c3)-c3ccccc3C43c4ccccc4-c4ccccc43)c3cccc4oc5c(-c6nc7ccccc7s6)c6ccccc6cc5c34)cc2)cc1. The van der Waals surface area contributed by atoms with Crippen LogP contribution in [0.25, 0.3) is 86.9 Å². The van der Waals surface area contributed by atoms with Crippen molar-refractivity contribution in [2.75, 3.05) is 4.90 Å². The van der Waals surface area contributed by atoms with Gasteiger partial charge in [0.2, 0.25) is 0 Å². The van der Waals surface area contributed by atoms with Gasteiger partial charge in [0, 0.05) is 16.8 Å². The first-order chi connectivity index (χ1) is 31.7. The molecular formula is C60H36N2OS. The van der Waals surface area contributed by atoms with Gasteiger partial charge < -0.3 is 9.32 Å². The molecular weight excluding hydrogens is 797 g/mol. The Morgan fingerprint density at radius 3 is 1.81 bits per heavy atom. The molecule has 298 valence electrons. The Balaban J connectivity index is 1.04. The minimum Gasteiger partial charge on any atom is -0.455 e. The summed E-state index contributed by atoms with van der Waals surface area (Å²) in [6.45, 7) is 0. The highest BCUT2D eigenvalue weighted by Gasteiger charge is 2.51. The maximum absolute atomic E-state index is 7.07. The Kier molecular flexibility index (Phi) is 7.48. The van der Waals surface area contributed by atoms with E-state index >= 15 is 0 Å². The summed E-state index contributed by atoms with van der Waals surface area (Å²) in [6.07, 6.45) is 0. The highest BCUT2D eigenvalue weighted by molar-refractivity contribution is 7.21. The molecule has 0 fully saturated rings. The normalized spacial score (nSPS) is 13.1. The first-order valence-corrected chi connectivity index (χ1v) is 22.7. The van der Waals surface area contributed by atoms with E-state index in [4.69, 9.17) is 9.40 Å². The van der Waals surface area contributed by atoms with Crippen LogP contribution in [0.4, 0.5) is 17.1 Å². The molecule has 0 amide bonds. The Hall–Kier alpha value is -8.05. The molecule has 0 saturated heterocycles. The molecule has 0 aliphatic heterocycles. The van der Waals surface area contributed by atoms with E-state index in [-0.39, 0.29) is 0 Å². The van der Waals surface area contributed by atoms with Crippen molar-refractivity contribution in [2.24, 2.45) is 0 Å². The fourth-order valence-corrected chi connectivity index (χ4v) is 12.1. The topological polar surface area (TPSA) is 29.3 Å². The predicted octanol–water partition coefficient (Wildman–Crippen LogP) is 16.5. The minimum atomic E-state index is -0.418. The van der Waals surface area contributed by atoms with Crippen LogP contribution in [0, 0.1) is 0 Å². The zero-order chi connectivity index (χ0) is 41.9. The summed E-state index contributed by atoms with van der Waals surface area (Å²) < 4.78 is 8.23. The lowest BCUT2D eigenvalue weighted by atomic mass is 9.70. The average molecular weight is 833 g/mol. The van der Waals surface area contributed by atoms with Gasteiger partial charge in [0.15, 0.2) is 0 Å². The molecule has 0 saturated carbocycles. The molecule has 0 N–H and O–H groups in total. The molecule has 12 aromatic rings. The summed E-state index contributed by atoms with van der Waals surface area (Å²) in [5, 5.41) is 5.36. The Morgan fingerprint density at radius 2 is 1.06 bits per heavy atom. The lowest BCUT2D eigenvalue weighted by Gasteiger charge is -2.31. The van der Waals surface area contributed by atoms with Crippen LogP contribution in [0.1, 0.15) is 22.3 Å². The number of hydrogen-bond donors (Lipinski definition) is 0. The van der Waals surface area contributed by atoms with Crippen LogP contribution in [0.5, 0.6) is 0 Å². The second-order valence-corrected chi connectivity index (χ2v) is 18.0. The van der Waals surface area contributed by atoms with E-state index in [0.29, 0.717) is 0 Å². The number of fused-ring (bicyclic) bond motifs is 15. The molecule has 14 rings (SSSR count). The van der Waals surface area contributed by atoms with E-state index in [1.165, 1.54) is 55.6 Å². The van der Waals surface area contributed by atoms with Crippen LogP contribution in [0.2, 0.25) is 0 Å². The van der Waals surface area contributed by atoms with E-state index in [1.54, 1.807) is 11.3 Å². The van der Waals surface area contributed by atoms with E-state index < -0.39 is 5.41 Å². The monoisotopic (exact) mass is 832 g/mol. The first kappa shape index (κ1) is 35.5. The van der Waals surface area contributed by atoms with E-state index in [9.17, 15) is 0 Å². The molecule has 3 nitrogen and oxygen atoms in total. The largest absolute Gasteiger partial charge is 0.455 e. The van der Waals surface area contributed by atoms with Gasteiger partial charge in [0.05, 0.1) is 32.3 Å². The van der Waals surface area contributed by atoms with Crippen molar-refractivity contribution in [1.82, 2.24) is 4.98 Å². The second kappa shape index (κ2) is 13.5. The third-order valence-electron chi connectivity index (χ3n) is 13.7. The Labute approximate surface area is 373 Å². The summed E-state index contributed by atoms with van der Waals surface area (Å²) in [4.78, 5) is 7.63. The number of aromatic nitrogens is 1. The smallest absolute Gasteiger partial charge is 0.146 e. The van der Waals surface area contributed by atoms with E-state index in [0.717, 1.165) is 70.6 Å². The quantitative estimate of drug-likeness (QED) is 0.173. The van der Waals surface area contributed by atoms with E-state index in [2.05, 4.69) is 223 Å². The van der Waals surface area contributed by atoms with Gasteiger partial charge in [-0.1, -0.05) is 164 Å². The molecule has 2 aromatic heterocycles. The predicted molar refractivity (Wildman–Crippen MR) is 266 cm³/mol. The molecule has 10 aromatic carbocycles. The van der Waals surface area contributed by atoms with Crippen LogP contribution in [0.3, 0.4) is 0 Å². The lowest BCUT2D eigenvalue weighted by Crippen LogP contribution is -2.25. The maximum Gasteiger partial charge on any atom is 0.146 e. The van der Waals surface area contributed by atoms with Gasteiger partial charge in [0.25, 0.3) is 0 Å². The van der Waals surface area contributed by atoms with Crippen molar-refractivity contribution in [3.8, 4) is 44.0 Å². The molecule has 0 unspecified atom stereocenters. The van der Waals surface area contributed by atoms with Gasteiger partial charge >= 0.3 is 0 Å². The van der Waals surface area contributed by atoms with Crippen LogP contribution in [-0.4, -0.2) is 4.98 Å². The van der Waals surface area contributed by atoms with Crippen molar-refractivity contribution < 1.29 is 4.42 Å². The van der Waals surface area contributed by atoms with Crippen LogP contribution in [0.15, 0.2) is 223 Å². The highest BCUT2D eigenvalue weighted by atomic mass is 32.1. The van der Waals surface area contributed by atoms with Gasteiger partial charge in [-0.3, -0.25) is 0 Å². The number of thiazole rings is 1. The summed E-state index contributed by atoms with van der Waals surface area (Å²) in [7, 11) is 0. The third kappa shape index (κ3) is 4.89. The molecule has 0 bridgehead atoms. The number of anilines is 3. The summed E-state index contributed by atoms with van der Waals surface area (Å²) in [6, 6.07) is 79.7. The standard InChI is InChI=1S/C60H36N2OS/c1-2-15-37(16-3-1)38-29-31-40(32-30-38)62(41-33-34-51-46(36-41)45-21-8-11-24-50(45)60(51)48-22-9-6-19-43(48)44-20-7-10-23-49(44)60)53-26-14-27-54-56(53)47-35-39-17-4-5-18-42(39)57(58(47)63-54)59-61-52-25-12-13-28-55(52)64-59/h1-36H. The minimum absolute atomic E-state index is 0.418. The van der Waals surface area contributed by atoms with E-state index in [1.807, 2.05) is 0 Å². The number of rotatable bonds is 5. The van der Waals surface area contributed by atoms with Crippen molar-refractivity contribution in [3.05, 3.63) is 241 Å². The van der Waals surface area contributed by atoms with Crippen LogP contribution in [-0.2, 0) is 5.41 Å². The van der Waals surface area contributed by atoms with Gasteiger partial charge in [-0.2, -0.15) is 0 Å². The van der Waals surface area contributed by atoms with Crippen molar-refractivity contribution in [1.29, 1.82) is 0 Å². The lowest BCUT2D eigenvalue weighted by molar-refractivity contribution is 0.670. The van der Waals surface area contributed by atoms with Gasteiger partial charge in [0.1, 0.15) is 16.2 Å². The molecule has 0 radical (unpaired) electrons. The number of nitrogens with zero attached hydrogens (tertiary/aromatic N) is 2. The number of para-hydroxylation sites is 1. The van der Waals surface area contributed by atoms with Crippen LogP contribution >= 0.6 is 11.3 Å². The van der Waals surface area contributed by atoms with Gasteiger partial charge in [-0.15, -0.1) is 11.3 Å². The van der Waals surface area contributed by atoms with Gasteiger partial charge in [-0.25, -0.2) is 4.98 Å². The fourth-order valence-electron chi connectivity index (χ4n) is 11.1. The fraction of sp³-hybridized carbons (Fsp3) is 0.0167. The molecule has 4 heteroatoms. The number of furan rings is 1. The van der Waals surface area contributed by atoms with Crippen molar-refractivity contribution >= 4 is 71.3 Å². The molecule has 0 atom stereocenters. The maximum atomic E-state index is 7.07. The summed E-state index contributed by atoms with van der Waals surface area (Å²) in [5.41, 5.74) is 19.3. The zero-order valence-electron chi connectivity index (χ0n) is 34.5. The molecule has 1 spiro atoms. The molecule has 64 heavy (non-hydrogen) atoms. The first-order valence-electron chi connectivity index (χ1n) is 21.9. The average Bonchev–Trinajstić information content (AvgIpc) is 4.11. The zero-order valence-corrected chi connectivity index (χ0v) is 35.3. The summed E-state index contributed by atoms with van der Waals surface area (Å²) >= 11 is 1.72. The second-order valence-electron chi connectivity index (χ2n) is 17.0. The molecule has 2 heterocycles. The Bertz CT molecular complexity index is 3780. The molecule has 2 aliphatic rings. The van der Waals surface area contributed by atoms with Gasteiger partial charge in [-0.05, 0) is 121 Å². The highest BCUT2D eigenvalue weighted by Crippen LogP contribution is 2.63. The van der Waals surface area contributed by atoms with Crippen LogP contribution < -0.4 is 4.90 Å².